The number of rotatable bonds is 5. The fourth-order valence-corrected chi connectivity index (χ4v) is 1.01. The van der Waals surface area contributed by atoms with Gasteiger partial charge in [-0.15, -0.1) is 0 Å². The van der Waals surface area contributed by atoms with Crippen molar-refractivity contribution in [3.05, 3.63) is 59.8 Å². The fraction of sp³-hybridized carbons (Fsp3) is 0.333. The van der Waals surface area contributed by atoms with Gasteiger partial charge in [0.15, 0.2) is 0 Å². The van der Waals surface area contributed by atoms with E-state index in [4.69, 9.17) is 0 Å². The first-order valence-electron chi connectivity index (χ1n) is 5.38. The van der Waals surface area contributed by atoms with Crippen molar-refractivity contribution in [2.45, 2.75) is 34.1 Å². The first kappa shape index (κ1) is 13.7. The minimum absolute atomic E-state index is 0.978. The Morgan fingerprint density at radius 3 is 2.13 bits per heavy atom. The summed E-state index contributed by atoms with van der Waals surface area (Å²) < 4.78 is 0. The summed E-state index contributed by atoms with van der Waals surface area (Å²) in [5.74, 6) is 0. The van der Waals surface area contributed by atoms with E-state index in [0.717, 1.165) is 12.0 Å². The van der Waals surface area contributed by atoms with Crippen LogP contribution in [0.2, 0.25) is 0 Å². The maximum absolute atomic E-state index is 3.84. The highest BCUT2D eigenvalue weighted by molar-refractivity contribution is 5.27. The van der Waals surface area contributed by atoms with E-state index in [-0.39, 0.29) is 0 Å². The third-order valence-corrected chi connectivity index (χ3v) is 2.14. The second-order valence-electron chi connectivity index (χ2n) is 3.68. The van der Waals surface area contributed by atoms with Gasteiger partial charge in [0.05, 0.1) is 0 Å². The Bertz CT molecular complexity index is 309. The lowest BCUT2D eigenvalue weighted by Crippen LogP contribution is -1.76. The topological polar surface area (TPSA) is 0 Å². The quantitative estimate of drug-likeness (QED) is 0.552. The highest BCUT2D eigenvalue weighted by atomic mass is 13.9. The number of allylic oxidation sites excluding steroid dienone is 9. The van der Waals surface area contributed by atoms with Gasteiger partial charge >= 0.3 is 0 Å². The second kappa shape index (κ2) is 8.05. The van der Waals surface area contributed by atoms with Crippen LogP contribution in [-0.2, 0) is 0 Å². The van der Waals surface area contributed by atoms with Crippen LogP contribution >= 0.6 is 0 Å². The van der Waals surface area contributed by atoms with Gasteiger partial charge < -0.3 is 0 Å². The van der Waals surface area contributed by atoms with Crippen LogP contribution in [-0.4, -0.2) is 0 Å². The van der Waals surface area contributed by atoms with Gasteiger partial charge in [-0.3, -0.25) is 0 Å². The molecule has 0 unspecified atom stereocenters. The van der Waals surface area contributed by atoms with Crippen LogP contribution in [0.25, 0.3) is 0 Å². The molecule has 0 heterocycles. The fourth-order valence-electron chi connectivity index (χ4n) is 1.01. The first-order valence-corrected chi connectivity index (χ1v) is 5.38. The molecular formula is C15H22. The normalized spacial score (nSPS) is 14.1. The van der Waals surface area contributed by atoms with Gasteiger partial charge in [0.25, 0.3) is 0 Å². The van der Waals surface area contributed by atoms with E-state index in [9.17, 15) is 0 Å². The molecule has 0 spiro atoms. The lowest BCUT2D eigenvalue weighted by molar-refractivity contribution is 1.26. The zero-order valence-corrected chi connectivity index (χ0v) is 10.4. The molecule has 0 bridgehead atoms. The molecule has 82 valence electrons. The Hall–Kier alpha value is -1.30. The van der Waals surface area contributed by atoms with Gasteiger partial charge in [-0.25, -0.2) is 0 Å². The summed E-state index contributed by atoms with van der Waals surface area (Å²) in [6.45, 7) is 12.1. The van der Waals surface area contributed by atoms with Gasteiger partial charge in [0.1, 0.15) is 0 Å². The smallest absolute Gasteiger partial charge is 0.00975 e. The van der Waals surface area contributed by atoms with E-state index in [1.807, 2.05) is 13.0 Å². The van der Waals surface area contributed by atoms with E-state index in [0.29, 0.717) is 0 Å². The summed E-state index contributed by atoms with van der Waals surface area (Å²) in [5.41, 5.74) is 3.70. The van der Waals surface area contributed by atoms with Crippen molar-refractivity contribution in [2.75, 3.05) is 0 Å². The maximum atomic E-state index is 3.84. The molecule has 0 aliphatic rings. The highest BCUT2D eigenvalue weighted by Gasteiger charge is 1.87. The Morgan fingerprint density at radius 1 is 1.00 bits per heavy atom. The van der Waals surface area contributed by atoms with Crippen molar-refractivity contribution in [1.29, 1.82) is 0 Å². The van der Waals surface area contributed by atoms with Crippen LogP contribution in [0.5, 0.6) is 0 Å². The highest BCUT2D eigenvalue weighted by Crippen LogP contribution is 2.07. The van der Waals surface area contributed by atoms with Gasteiger partial charge in [-0.2, -0.15) is 0 Å². The molecule has 0 aromatic rings. The third kappa shape index (κ3) is 7.75. The average molecular weight is 202 g/mol. The van der Waals surface area contributed by atoms with Crippen LogP contribution in [0.4, 0.5) is 0 Å². The Kier molecular flexibility index (Phi) is 7.35. The Labute approximate surface area is 94.4 Å². The molecule has 0 aliphatic carbocycles. The number of hydrogen-bond donors (Lipinski definition) is 0. The molecule has 0 fully saturated rings. The molecule has 15 heavy (non-hydrogen) atoms. The Balaban J connectivity index is 4.26. The van der Waals surface area contributed by atoms with E-state index >= 15 is 0 Å². The summed E-state index contributed by atoms with van der Waals surface area (Å²) in [4.78, 5) is 0. The van der Waals surface area contributed by atoms with Crippen LogP contribution in [0.1, 0.15) is 34.1 Å². The zero-order valence-electron chi connectivity index (χ0n) is 10.4. The zero-order chi connectivity index (χ0) is 11.7. The van der Waals surface area contributed by atoms with Crippen LogP contribution in [0.3, 0.4) is 0 Å². The molecule has 0 atom stereocenters. The minimum atomic E-state index is 0.978. The predicted octanol–water partition coefficient (Wildman–Crippen LogP) is 4.98. The van der Waals surface area contributed by atoms with Crippen molar-refractivity contribution in [3.8, 4) is 0 Å². The van der Waals surface area contributed by atoms with Crippen LogP contribution < -0.4 is 0 Å². The van der Waals surface area contributed by atoms with Gasteiger partial charge in [0.2, 0.25) is 0 Å². The monoisotopic (exact) mass is 202 g/mol. The van der Waals surface area contributed by atoms with Crippen molar-refractivity contribution < 1.29 is 0 Å². The molecule has 0 heteroatoms. The molecule has 0 saturated heterocycles. The Morgan fingerprint density at radius 2 is 1.67 bits per heavy atom. The first-order chi connectivity index (χ1) is 7.10. The van der Waals surface area contributed by atoms with E-state index in [1.54, 1.807) is 0 Å². The van der Waals surface area contributed by atoms with Crippen LogP contribution in [0, 0.1) is 0 Å². The van der Waals surface area contributed by atoms with Crippen molar-refractivity contribution in [1.82, 2.24) is 0 Å². The standard InChI is InChI=1S/C15H22/c1-6-14(5)9-8-10-15(7-2)12-11-13(3)4/h6-9,11-12H,3,10H2,1-2,4-5H3/b9-8-,12-11-,14-6-,15-7?. The predicted molar refractivity (Wildman–Crippen MR) is 70.9 cm³/mol. The molecule has 0 saturated carbocycles. The van der Waals surface area contributed by atoms with Crippen molar-refractivity contribution >= 4 is 0 Å². The van der Waals surface area contributed by atoms with Crippen molar-refractivity contribution in [2.24, 2.45) is 0 Å². The molecule has 0 aromatic carbocycles. The summed E-state index contributed by atoms with van der Waals surface area (Å²) in [6, 6.07) is 0. The van der Waals surface area contributed by atoms with Gasteiger partial charge in [0, 0.05) is 0 Å². The second-order valence-corrected chi connectivity index (χ2v) is 3.68. The van der Waals surface area contributed by atoms with Crippen LogP contribution in [0.15, 0.2) is 59.8 Å². The molecule has 0 aromatic heterocycles. The van der Waals surface area contributed by atoms with E-state index in [2.05, 4.69) is 57.7 Å². The minimum Gasteiger partial charge on any atom is -0.0961 e. The summed E-state index contributed by atoms with van der Waals surface area (Å²) in [5, 5.41) is 0. The molecule has 0 aliphatic heterocycles. The number of hydrogen-bond acceptors (Lipinski definition) is 0. The summed E-state index contributed by atoms with van der Waals surface area (Å²) in [7, 11) is 0. The molecule has 0 nitrogen and oxygen atoms in total. The maximum Gasteiger partial charge on any atom is -0.00975 e. The molecule has 0 rings (SSSR count). The average Bonchev–Trinajstić information content (AvgIpc) is 2.22. The van der Waals surface area contributed by atoms with Crippen molar-refractivity contribution in [3.63, 3.8) is 0 Å². The summed E-state index contributed by atoms with van der Waals surface area (Å²) in [6.07, 6.45) is 13.7. The molecule has 0 amide bonds. The molecular weight excluding hydrogens is 180 g/mol. The van der Waals surface area contributed by atoms with Gasteiger partial charge in [-0.1, -0.05) is 54.2 Å². The SMILES string of the molecule is C=C(C)/C=C\C(=CC)C/C=C\C(C)=C/C. The van der Waals surface area contributed by atoms with E-state index < -0.39 is 0 Å². The third-order valence-electron chi connectivity index (χ3n) is 2.14. The van der Waals surface area contributed by atoms with Gasteiger partial charge in [-0.05, 0) is 39.7 Å². The lowest BCUT2D eigenvalue weighted by atomic mass is 10.1. The molecule has 0 radical (unpaired) electrons. The lowest BCUT2D eigenvalue weighted by Gasteiger charge is -1.96. The molecule has 0 N–H and O–H groups in total. The summed E-state index contributed by atoms with van der Waals surface area (Å²) >= 11 is 0. The largest absolute Gasteiger partial charge is 0.0961 e. The van der Waals surface area contributed by atoms with E-state index in [1.165, 1.54) is 11.1 Å².